The van der Waals surface area contributed by atoms with Crippen molar-refractivity contribution in [1.29, 1.82) is 0 Å². The fraction of sp³-hybridized carbons (Fsp3) is 0.0769. The molecular formula is C26H19Br. The van der Waals surface area contributed by atoms with Crippen LogP contribution in [-0.2, 0) is 12.8 Å². The molecule has 0 fully saturated rings. The lowest BCUT2D eigenvalue weighted by Crippen LogP contribution is -2.03. The van der Waals surface area contributed by atoms with E-state index in [9.17, 15) is 0 Å². The maximum Gasteiger partial charge on any atom is 0.0175 e. The Morgan fingerprint density at radius 1 is 0.481 bits per heavy atom. The highest BCUT2D eigenvalue weighted by Gasteiger charge is 2.16. The predicted octanol–water partition coefficient (Wildman–Crippen LogP) is 7.55. The van der Waals surface area contributed by atoms with Crippen molar-refractivity contribution in [3.63, 3.8) is 0 Å². The summed E-state index contributed by atoms with van der Waals surface area (Å²) in [5.41, 5.74) is 10.7. The fourth-order valence-corrected chi connectivity index (χ4v) is 4.28. The Labute approximate surface area is 168 Å². The molecule has 0 saturated heterocycles. The van der Waals surface area contributed by atoms with Crippen LogP contribution in [-0.4, -0.2) is 0 Å². The average Bonchev–Trinajstić information content (AvgIpc) is 2.74. The zero-order chi connectivity index (χ0) is 18.2. The smallest absolute Gasteiger partial charge is 0.0175 e. The molecular weight excluding hydrogens is 392 g/mol. The summed E-state index contributed by atoms with van der Waals surface area (Å²) < 4.78 is 1.11. The van der Waals surface area contributed by atoms with Gasteiger partial charge in [0.05, 0.1) is 0 Å². The lowest BCUT2D eigenvalue weighted by atomic mass is 9.84. The topological polar surface area (TPSA) is 0 Å². The molecule has 0 saturated carbocycles. The number of hydrogen-bond donors (Lipinski definition) is 0. The van der Waals surface area contributed by atoms with Crippen LogP contribution < -0.4 is 0 Å². The Kier molecular flexibility index (Phi) is 4.18. The van der Waals surface area contributed by atoms with E-state index in [1.807, 2.05) is 0 Å². The minimum atomic E-state index is 1.11. The molecule has 0 aromatic heterocycles. The van der Waals surface area contributed by atoms with Crippen LogP contribution in [0.4, 0.5) is 0 Å². The normalized spacial score (nSPS) is 12.3. The Balaban J connectivity index is 1.59. The Morgan fingerprint density at radius 3 is 1.93 bits per heavy atom. The standard InChI is InChI=1S/C26H19Br/c27-24-14-12-18(13-15-24)21-5-3-6-22(16-21)23-11-10-20-9-8-19-4-1-2-7-25(19)26(20)17-23/h1-7,10-17H,8-9H2. The molecule has 1 aliphatic rings. The van der Waals surface area contributed by atoms with Crippen LogP contribution >= 0.6 is 15.9 Å². The maximum atomic E-state index is 3.52. The highest BCUT2D eigenvalue weighted by molar-refractivity contribution is 9.10. The summed E-state index contributed by atoms with van der Waals surface area (Å²) in [6.45, 7) is 0. The van der Waals surface area contributed by atoms with Crippen molar-refractivity contribution in [2.45, 2.75) is 12.8 Å². The van der Waals surface area contributed by atoms with Crippen molar-refractivity contribution in [3.05, 3.63) is 107 Å². The zero-order valence-corrected chi connectivity index (χ0v) is 16.5. The van der Waals surface area contributed by atoms with Gasteiger partial charge in [0.2, 0.25) is 0 Å². The summed E-state index contributed by atoms with van der Waals surface area (Å²) in [7, 11) is 0. The second-order valence-corrected chi connectivity index (χ2v) is 8.03. The summed E-state index contributed by atoms with van der Waals surface area (Å²) in [5.74, 6) is 0. The first kappa shape index (κ1) is 16.5. The first-order chi connectivity index (χ1) is 13.3. The van der Waals surface area contributed by atoms with Gasteiger partial charge in [-0.05, 0) is 81.6 Å². The molecule has 1 aliphatic carbocycles. The quantitative estimate of drug-likeness (QED) is 0.319. The summed E-state index contributed by atoms with van der Waals surface area (Å²) in [6.07, 6.45) is 2.27. The van der Waals surface area contributed by atoms with E-state index >= 15 is 0 Å². The van der Waals surface area contributed by atoms with E-state index < -0.39 is 0 Å². The van der Waals surface area contributed by atoms with E-state index in [2.05, 4.69) is 107 Å². The van der Waals surface area contributed by atoms with Crippen LogP contribution in [0.15, 0.2) is 95.5 Å². The summed E-state index contributed by atoms with van der Waals surface area (Å²) in [4.78, 5) is 0. The molecule has 4 aromatic carbocycles. The molecule has 0 spiro atoms. The third-order valence-electron chi connectivity index (χ3n) is 5.45. The molecule has 27 heavy (non-hydrogen) atoms. The van der Waals surface area contributed by atoms with Gasteiger partial charge in [-0.2, -0.15) is 0 Å². The Bertz CT molecular complexity index is 1120. The van der Waals surface area contributed by atoms with Crippen LogP contribution in [0.2, 0.25) is 0 Å². The number of benzene rings is 4. The molecule has 5 rings (SSSR count). The first-order valence-electron chi connectivity index (χ1n) is 9.35. The predicted molar refractivity (Wildman–Crippen MR) is 118 cm³/mol. The highest BCUT2D eigenvalue weighted by atomic mass is 79.9. The fourth-order valence-electron chi connectivity index (χ4n) is 4.02. The average molecular weight is 411 g/mol. The van der Waals surface area contributed by atoms with Gasteiger partial charge in [-0.25, -0.2) is 0 Å². The van der Waals surface area contributed by atoms with Crippen molar-refractivity contribution < 1.29 is 0 Å². The van der Waals surface area contributed by atoms with Crippen LogP contribution in [0.1, 0.15) is 11.1 Å². The molecule has 0 radical (unpaired) electrons. The van der Waals surface area contributed by atoms with E-state index in [-0.39, 0.29) is 0 Å². The summed E-state index contributed by atoms with van der Waals surface area (Å²) >= 11 is 3.52. The van der Waals surface area contributed by atoms with Gasteiger partial charge in [0.15, 0.2) is 0 Å². The van der Waals surface area contributed by atoms with Gasteiger partial charge in [0.25, 0.3) is 0 Å². The molecule has 1 heteroatoms. The van der Waals surface area contributed by atoms with Crippen LogP contribution in [0.25, 0.3) is 33.4 Å². The van der Waals surface area contributed by atoms with Gasteiger partial charge < -0.3 is 0 Å². The molecule has 130 valence electrons. The lowest BCUT2D eigenvalue weighted by molar-refractivity contribution is 0.942. The van der Waals surface area contributed by atoms with Gasteiger partial charge in [-0.1, -0.05) is 82.7 Å². The van der Waals surface area contributed by atoms with E-state index in [1.165, 1.54) is 44.5 Å². The Hall–Kier alpha value is -2.64. The van der Waals surface area contributed by atoms with Gasteiger partial charge in [0.1, 0.15) is 0 Å². The molecule has 4 aromatic rings. The molecule has 0 atom stereocenters. The van der Waals surface area contributed by atoms with Gasteiger partial charge in [-0.15, -0.1) is 0 Å². The van der Waals surface area contributed by atoms with Gasteiger partial charge in [-0.3, -0.25) is 0 Å². The number of halogens is 1. The van der Waals surface area contributed by atoms with Crippen molar-refractivity contribution in [2.24, 2.45) is 0 Å². The SMILES string of the molecule is Brc1ccc(-c2cccc(-c3ccc4c(c3)-c3ccccc3CC4)c2)cc1. The second kappa shape index (κ2) is 6.83. The van der Waals surface area contributed by atoms with E-state index in [0.717, 1.165) is 17.3 Å². The van der Waals surface area contributed by atoms with Gasteiger partial charge in [0, 0.05) is 4.47 Å². The summed E-state index contributed by atoms with van der Waals surface area (Å²) in [5, 5.41) is 0. The van der Waals surface area contributed by atoms with Crippen molar-refractivity contribution in [2.75, 3.05) is 0 Å². The van der Waals surface area contributed by atoms with E-state index in [4.69, 9.17) is 0 Å². The monoisotopic (exact) mass is 410 g/mol. The maximum absolute atomic E-state index is 3.52. The zero-order valence-electron chi connectivity index (χ0n) is 15.0. The Morgan fingerprint density at radius 2 is 1.11 bits per heavy atom. The molecule has 0 N–H and O–H groups in total. The molecule has 0 unspecified atom stereocenters. The minimum Gasteiger partial charge on any atom is -0.0620 e. The van der Waals surface area contributed by atoms with Crippen LogP contribution in [0.3, 0.4) is 0 Å². The summed E-state index contributed by atoms with van der Waals surface area (Å²) in [6, 6.07) is 33.1. The molecule has 0 heterocycles. The highest BCUT2D eigenvalue weighted by Crippen LogP contribution is 2.37. The molecule has 0 aliphatic heterocycles. The first-order valence-corrected chi connectivity index (χ1v) is 10.1. The van der Waals surface area contributed by atoms with Crippen molar-refractivity contribution in [3.8, 4) is 33.4 Å². The number of aryl methyl sites for hydroxylation is 2. The van der Waals surface area contributed by atoms with Crippen molar-refractivity contribution >= 4 is 15.9 Å². The van der Waals surface area contributed by atoms with Crippen LogP contribution in [0.5, 0.6) is 0 Å². The van der Waals surface area contributed by atoms with E-state index in [1.54, 1.807) is 0 Å². The second-order valence-electron chi connectivity index (χ2n) is 7.12. The molecule has 0 bridgehead atoms. The minimum absolute atomic E-state index is 1.11. The third kappa shape index (κ3) is 3.13. The number of hydrogen-bond acceptors (Lipinski definition) is 0. The lowest BCUT2D eigenvalue weighted by Gasteiger charge is -2.20. The number of rotatable bonds is 2. The van der Waals surface area contributed by atoms with Gasteiger partial charge >= 0.3 is 0 Å². The van der Waals surface area contributed by atoms with Crippen molar-refractivity contribution in [1.82, 2.24) is 0 Å². The number of fused-ring (bicyclic) bond motifs is 3. The third-order valence-corrected chi connectivity index (χ3v) is 5.98. The van der Waals surface area contributed by atoms with Crippen LogP contribution in [0, 0.1) is 0 Å². The largest absolute Gasteiger partial charge is 0.0620 e. The molecule has 0 nitrogen and oxygen atoms in total. The van der Waals surface area contributed by atoms with E-state index in [0.29, 0.717) is 0 Å². The molecule has 0 amide bonds.